The van der Waals surface area contributed by atoms with Gasteiger partial charge < -0.3 is 5.73 Å². The van der Waals surface area contributed by atoms with Gasteiger partial charge in [-0.3, -0.25) is 4.57 Å². The van der Waals surface area contributed by atoms with E-state index in [4.69, 9.17) is 5.73 Å². The van der Waals surface area contributed by atoms with E-state index >= 15 is 0 Å². The van der Waals surface area contributed by atoms with Crippen LogP contribution in [0, 0.1) is 13.8 Å². The molecule has 2 N–H and O–H groups in total. The highest BCUT2D eigenvalue weighted by Gasteiger charge is 2.09. The maximum absolute atomic E-state index is 5.94. The molecule has 4 heteroatoms. The molecule has 0 radical (unpaired) electrons. The van der Waals surface area contributed by atoms with Crippen molar-refractivity contribution >= 4 is 11.0 Å². The minimum atomic E-state index is -0.00415. The van der Waals surface area contributed by atoms with Gasteiger partial charge in [-0.1, -0.05) is 0 Å². The summed E-state index contributed by atoms with van der Waals surface area (Å²) in [7, 11) is 0. The molecule has 0 bridgehead atoms. The molecule has 0 saturated heterocycles. The van der Waals surface area contributed by atoms with Gasteiger partial charge in [-0.15, -0.1) is 0 Å². The van der Waals surface area contributed by atoms with Gasteiger partial charge in [0.2, 0.25) is 0 Å². The predicted molar refractivity (Wildman–Crippen MR) is 80.9 cm³/mol. The molecule has 0 aliphatic carbocycles. The van der Waals surface area contributed by atoms with E-state index in [1.807, 2.05) is 30.0 Å². The van der Waals surface area contributed by atoms with E-state index in [0.29, 0.717) is 0 Å². The van der Waals surface area contributed by atoms with Crippen molar-refractivity contribution in [3.63, 3.8) is 0 Å². The Hall–Kier alpha value is -2.20. The second-order valence-electron chi connectivity index (χ2n) is 5.28. The molecule has 0 spiro atoms. The molecule has 0 aliphatic rings. The smallest absolute Gasteiger partial charge is 0.138 e. The number of fused-ring (bicyclic) bond motifs is 1. The van der Waals surface area contributed by atoms with Crippen molar-refractivity contribution < 1.29 is 0 Å². The minimum Gasteiger partial charge on any atom is -0.324 e. The highest BCUT2D eigenvalue weighted by atomic mass is 15.1. The second kappa shape index (κ2) is 4.72. The summed E-state index contributed by atoms with van der Waals surface area (Å²) in [6.07, 6.45) is 3.61. The SMILES string of the molecule is Cc1cc2ncn(-c3cc(C(C)N)ccn3)c2cc1C. The highest BCUT2D eigenvalue weighted by Crippen LogP contribution is 2.22. The van der Waals surface area contributed by atoms with Crippen LogP contribution in [-0.4, -0.2) is 14.5 Å². The first kappa shape index (κ1) is 12.8. The lowest BCUT2D eigenvalue weighted by Crippen LogP contribution is -2.06. The normalized spacial score (nSPS) is 12.8. The van der Waals surface area contributed by atoms with Crippen LogP contribution in [0.3, 0.4) is 0 Å². The third-order valence-electron chi connectivity index (χ3n) is 3.70. The largest absolute Gasteiger partial charge is 0.324 e. The second-order valence-corrected chi connectivity index (χ2v) is 5.28. The van der Waals surface area contributed by atoms with Crippen molar-refractivity contribution in [1.29, 1.82) is 0 Å². The Bertz CT molecular complexity index is 771. The zero-order valence-corrected chi connectivity index (χ0v) is 12.0. The van der Waals surface area contributed by atoms with Crippen LogP contribution in [-0.2, 0) is 0 Å². The lowest BCUT2D eigenvalue weighted by atomic mass is 10.1. The fraction of sp³-hybridized carbons (Fsp3) is 0.250. The van der Waals surface area contributed by atoms with Crippen molar-refractivity contribution in [3.05, 3.63) is 53.5 Å². The van der Waals surface area contributed by atoms with Crippen LogP contribution >= 0.6 is 0 Å². The molecule has 1 unspecified atom stereocenters. The Labute approximate surface area is 118 Å². The third-order valence-corrected chi connectivity index (χ3v) is 3.70. The van der Waals surface area contributed by atoms with Crippen LogP contribution in [0.5, 0.6) is 0 Å². The Balaban J connectivity index is 2.19. The first-order chi connectivity index (χ1) is 9.56. The molecule has 0 saturated carbocycles. The lowest BCUT2D eigenvalue weighted by molar-refractivity contribution is 0.811. The zero-order chi connectivity index (χ0) is 14.3. The van der Waals surface area contributed by atoms with Gasteiger partial charge in [0.25, 0.3) is 0 Å². The van der Waals surface area contributed by atoms with E-state index in [9.17, 15) is 0 Å². The van der Waals surface area contributed by atoms with Crippen LogP contribution in [0.15, 0.2) is 36.8 Å². The standard InChI is InChI=1S/C16H18N4/c1-10-6-14-15(7-11(10)2)20(9-19-14)16-8-13(12(3)17)4-5-18-16/h4-9,12H,17H2,1-3H3. The first-order valence-corrected chi connectivity index (χ1v) is 6.72. The monoisotopic (exact) mass is 266 g/mol. The number of benzene rings is 1. The molecule has 0 amide bonds. The topological polar surface area (TPSA) is 56.7 Å². The Kier molecular flexibility index (Phi) is 3.03. The molecule has 3 rings (SSSR count). The molecule has 102 valence electrons. The summed E-state index contributed by atoms with van der Waals surface area (Å²) in [6.45, 7) is 6.18. The molecular weight excluding hydrogens is 248 g/mol. The van der Waals surface area contributed by atoms with Crippen LogP contribution in [0.1, 0.15) is 29.7 Å². The number of rotatable bonds is 2. The van der Waals surface area contributed by atoms with Gasteiger partial charge >= 0.3 is 0 Å². The number of aromatic nitrogens is 3. The van der Waals surface area contributed by atoms with Gasteiger partial charge in [-0.2, -0.15) is 0 Å². The lowest BCUT2D eigenvalue weighted by Gasteiger charge is -2.09. The number of pyridine rings is 1. The molecule has 20 heavy (non-hydrogen) atoms. The molecule has 2 aromatic heterocycles. The van der Waals surface area contributed by atoms with Gasteiger partial charge in [0.05, 0.1) is 11.0 Å². The average Bonchev–Trinajstić information content (AvgIpc) is 2.82. The summed E-state index contributed by atoms with van der Waals surface area (Å²) in [5, 5.41) is 0. The van der Waals surface area contributed by atoms with Gasteiger partial charge in [0, 0.05) is 12.2 Å². The summed E-state index contributed by atoms with van der Waals surface area (Å²) in [4.78, 5) is 8.90. The van der Waals surface area contributed by atoms with Crippen LogP contribution in [0.2, 0.25) is 0 Å². The van der Waals surface area contributed by atoms with Crippen LogP contribution < -0.4 is 5.73 Å². The van der Waals surface area contributed by atoms with Crippen molar-refractivity contribution in [3.8, 4) is 5.82 Å². The van der Waals surface area contributed by atoms with Crippen molar-refractivity contribution in [1.82, 2.24) is 14.5 Å². The quantitative estimate of drug-likeness (QED) is 0.775. The third kappa shape index (κ3) is 2.08. The van der Waals surface area contributed by atoms with Crippen LogP contribution in [0.25, 0.3) is 16.9 Å². The number of aryl methyl sites for hydroxylation is 2. The average molecular weight is 266 g/mol. The molecule has 1 aromatic carbocycles. The fourth-order valence-corrected chi connectivity index (χ4v) is 2.30. The van der Waals surface area contributed by atoms with E-state index in [0.717, 1.165) is 22.4 Å². The molecule has 1 atom stereocenters. The minimum absolute atomic E-state index is 0.00415. The number of nitrogens with zero attached hydrogens (tertiary/aromatic N) is 3. The fourth-order valence-electron chi connectivity index (χ4n) is 2.30. The summed E-state index contributed by atoms with van der Waals surface area (Å²) in [5.74, 6) is 0.852. The van der Waals surface area contributed by atoms with E-state index in [2.05, 4.69) is 35.9 Å². The molecular formula is C16H18N4. The summed E-state index contributed by atoms with van der Waals surface area (Å²) < 4.78 is 2.01. The maximum Gasteiger partial charge on any atom is 0.138 e. The van der Waals surface area contributed by atoms with Gasteiger partial charge in [0.1, 0.15) is 12.1 Å². The summed E-state index contributed by atoms with van der Waals surface area (Å²) in [6, 6.07) is 8.22. The first-order valence-electron chi connectivity index (χ1n) is 6.72. The Morgan fingerprint density at radius 3 is 2.60 bits per heavy atom. The zero-order valence-electron chi connectivity index (χ0n) is 12.0. The van der Waals surface area contributed by atoms with E-state index < -0.39 is 0 Å². The van der Waals surface area contributed by atoms with Crippen molar-refractivity contribution in [2.24, 2.45) is 5.73 Å². The molecule has 2 heterocycles. The number of nitrogens with two attached hydrogens (primary N) is 1. The maximum atomic E-state index is 5.94. The molecule has 3 aromatic rings. The van der Waals surface area contributed by atoms with Gasteiger partial charge in [-0.25, -0.2) is 9.97 Å². The molecule has 4 nitrogen and oxygen atoms in total. The van der Waals surface area contributed by atoms with E-state index in [1.54, 1.807) is 6.20 Å². The van der Waals surface area contributed by atoms with E-state index in [-0.39, 0.29) is 6.04 Å². The van der Waals surface area contributed by atoms with E-state index in [1.165, 1.54) is 11.1 Å². The van der Waals surface area contributed by atoms with Gasteiger partial charge in [-0.05, 0) is 61.7 Å². The number of hydrogen-bond acceptors (Lipinski definition) is 3. The predicted octanol–water partition coefficient (Wildman–Crippen LogP) is 3.06. The van der Waals surface area contributed by atoms with Crippen molar-refractivity contribution in [2.45, 2.75) is 26.8 Å². The molecule has 0 aliphatic heterocycles. The van der Waals surface area contributed by atoms with Crippen molar-refractivity contribution in [2.75, 3.05) is 0 Å². The summed E-state index contributed by atoms with van der Waals surface area (Å²) >= 11 is 0. The van der Waals surface area contributed by atoms with Gasteiger partial charge in [0.15, 0.2) is 0 Å². The van der Waals surface area contributed by atoms with Crippen LogP contribution in [0.4, 0.5) is 0 Å². The highest BCUT2D eigenvalue weighted by molar-refractivity contribution is 5.78. The Morgan fingerprint density at radius 1 is 1.10 bits per heavy atom. The summed E-state index contributed by atoms with van der Waals surface area (Å²) in [5.41, 5.74) is 11.6. The Morgan fingerprint density at radius 2 is 1.85 bits per heavy atom. The molecule has 0 fully saturated rings. The number of imidazole rings is 1. The number of hydrogen-bond donors (Lipinski definition) is 1.